The van der Waals surface area contributed by atoms with Crippen molar-refractivity contribution >= 4 is 27.5 Å². The fourth-order valence-corrected chi connectivity index (χ4v) is 1.95. The summed E-state index contributed by atoms with van der Waals surface area (Å²) in [5.41, 5.74) is 0.945. The number of rotatable bonds is 5. The van der Waals surface area contributed by atoms with E-state index < -0.39 is 0 Å². The summed E-state index contributed by atoms with van der Waals surface area (Å²) in [6.45, 7) is 7.19. The molecule has 4 heteroatoms. The van der Waals surface area contributed by atoms with Gasteiger partial charge in [-0.05, 0) is 54.4 Å². The molecule has 1 aromatic carbocycles. The molecule has 0 aliphatic heterocycles. The maximum absolute atomic E-state index is 5.75. The highest BCUT2D eigenvalue weighted by Gasteiger charge is 2.09. The van der Waals surface area contributed by atoms with Crippen LogP contribution < -0.4 is 4.74 Å². The number of alkyl halides is 1. The van der Waals surface area contributed by atoms with E-state index in [1.807, 2.05) is 39.0 Å². The van der Waals surface area contributed by atoms with Crippen LogP contribution in [0.5, 0.6) is 5.75 Å². The molecular formula is C13H18BrClO2. The van der Waals surface area contributed by atoms with Crippen molar-refractivity contribution in [1.82, 2.24) is 0 Å². The Balaban J connectivity index is 2.42. The molecule has 0 aliphatic rings. The molecule has 17 heavy (non-hydrogen) atoms. The molecule has 96 valence electrons. The molecule has 0 fully saturated rings. The van der Waals surface area contributed by atoms with Gasteiger partial charge in [-0.3, -0.25) is 0 Å². The normalized spacial score (nSPS) is 11.6. The summed E-state index contributed by atoms with van der Waals surface area (Å²) >= 11 is 9.20. The first-order valence-corrected chi connectivity index (χ1v) is 6.86. The van der Waals surface area contributed by atoms with Gasteiger partial charge in [-0.2, -0.15) is 0 Å². The van der Waals surface area contributed by atoms with Gasteiger partial charge in [0.15, 0.2) is 0 Å². The third-order valence-electron chi connectivity index (χ3n) is 2.03. The Bertz CT molecular complexity index is 361. The van der Waals surface area contributed by atoms with Gasteiger partial charge in [-0.1, -0.05) is 6.07 Å². The Labute approximate surface area is 116 Å². The Morgan fingerprint density at radius 1 is 1.24 bits per heavy atom. The van der Waals surface area contributed by atoms with Crippen LogP contribution in [0.4, 0.5) is 0 Å². The van der Waals surface area contributed by atoms with Crippen molar-refractivity contribution in [3.63, 3.8) is 0 Å². The molecule has 0 saturated carbocycles. The molecule has 0 bridgehead atoms. The van der Waals surface area contributed by atoms with E-state index in [-0.39, 0.29) is 5.60 Å². The Kier molecular flexibility index (Phi) is 5.77. The third-order valence-corrected chi connectivity index (χ3v) is 2.95. The van der Waals surface area contributed by atoms with Gasteiger partial charge in [-0.15, -0.1) is 11.6 Å². The highest BCUT2D eigenvalue weighted by atomic mass is 79.9. The van der Waals surface area contributed by atoms with Crippen molar-refractivity contribution in [3.8, 4) is 5.75 Å². The van der Waals surface area contributed by atoms with E-state index in [0.717, 1.165) is 15.8 Å². The molecule has 0 saturated heterocycles. The fourth-order valence-electron chi connectivity index (χ4n) is 1.24. The van der Waals surface area contributed by atoms with Crippen LogP contribution in [0.25, 0.3) is 0 Å². The molecule has 0 aliphatic carbocycles. The topological polar surface area (TPSA) is 18.5 Å². The van der Waals surface area contributed by atoms with Gasteiger partial charge in [0.1, 0.15) is 12.4 Å². The lowest BCUT2D eigenvalue weighted by Gasteiger charge is -2.19. The first-order valence-electron chi connectivity index (χ1n) is 5.53. The van der Waals surface area contributed by atoms with Crippen LogP contribution in [0, 0.1) is 0 Å². The van der Waals surface area contributed by atoms with Gasteiger partial charge in [-0.25, -0.2) is 0 Å². The second-order valence-electron chi connectivity index (χ2n) is 4.71. The van der Waals surface area contributed by atoms with E-state index in [9.17, 15) is 0 Å². The zero-order valence-electron chi connectivity index (χ0n) is 10.4. The van der Waals surface area contributed by atoms with Crippen LogP contribution >= 0.6 is 27.5 Å². The van der Waals surface area contributed by atoms with Crippen LogP contribution in [0.2, 0.25) is 0 Å². The van der Waals surface area contributed by atoms with Crippen molar-refractivity contribution in [3.05, 3.63) is 28.2 Å². The first-order chi connectivity index (χ1) is 7.92. The van der Waals surface area contributed by atoms with E-state index >= 15 is 0 Å². The Morgan fingerprint density at radius 2 is 1.94 bits per heavy atom. The summed E-state index contributed by atoms with van der Waals surface area (Å²) in [5, 5.41) is 0. The highest BCUT2D eigenvalue weighted by molar-refractivity contribution is 9.10. The van der Waals surface area contributed by atoms with E-state index in [1.165, 1.54) is 0 Å². The minimum Gasteiger partial charge on any atom is -0.490 e. The second kappa shape index (κ2) is 6.62. The molecule has 0 radical (unpaired) electrons. The average Bonchev–Trinajstić information content (AvgIpc) is 2.24. The molecule has 0 atom stereocenters. The van der Waals surface area contributed by atoms with Gasteiger partial charge in [0.2, 0.25) is 0 Å². The predicted molar refractivity (Wildman–Crippen MR) is 74.9 cm³/mol. The lowest BCUT2D eigenvalue weighted by Crippen LogP contribution is -2.22. The molecule has 0 unspecified atom stereocenters. The molecule has 0 aromatic heterocycles. The molecule has 0 N–H and O–H groups in total. The summed E-state index contributed by atoms with van der Waals surface area (Å²) in [7, 11) is 0. The molecule has 1 rings (SSSR count). The zero-order chi connectivity index (χ0) is 12.9. The zero-order valence-corrected chi connectivity index (χ0v) is 12.8. The number of halogens is 2. The van der Waals surface area contributed by atoms with Crippen LogP contribution in [-0.4, -0.2) is 18.8 Å². The minimum atomic E-state index is -0.122. The average molecular weight is 322 g/mol. The Hall–Kier alpha value is -0.250. The van der Waals surface area contributed by atoms with E-state index in [1.54, 1.807) is 0 Å². The van der Waals surface area contributed by atoms with Crippen molar-refractivity contribution in [2.75, 3.05) is 13.2 Å². The first kappa shape index (κ1) is 14.8. The quantitative estimate of drug-likeness (QED) is 0.592. The summed E-state index contributed by atoms with van der Waals surface area (Å²) in [6, 6.07) is 5.84. The largest absolute Gasteiger partial charge is 0.490 e. The van der Waals surface area contributed by atoms with Crippen LogP contribution in [-0.2, 0) is 10.6 Å². The fraction of sp³-hybridized carbons (Fsp3) is 0.538. The van der Waals surface area contributed by atoms with Gasteiger partial charge >= 0.3 is 0 Å². The number of hydrogen-bond acceptors (Lipinski definition) is 2. The van der Waals surface area contributed by atoms with Gasteiger partial charge in [0.25, 0.3) is 0 Å². The number of hydrogen-bond donors (Lipinski definition) is 0. The van der Waals surface area contributed by atoms with E-state index in [4.69, 9.17) is 21.1 Å². The maximum Gasteiger partial charge on any atom is 0.133 e. The maximum atomic E-state index is 5.75. The Morgan fingerprint density at radius 3 is 2.47 bits per heavy atom. The standard InChI is InChI=1S/C13H18BrClO2/c1-13(2,3)17-7-6-16-12-5-4-10(9-15)8-11(12)14/h4-5,8H,6-7,9H2,1-3H3. The lowest BCUT2D eigenvalue weighted by molar-refractivity contribution is -0.0163. The van der Waals surface area contributed by atoms with Gasteiger partial charge in [0.05, 0.1) is 16.7 Å². The minimum absolute atomic E-state index is 0.122. The monoisotopic (exact) mass is 320 g/mol. The van der Waals surface area contributed by atoms with Crippen molar-refractivity contribution in [2.45, 2.75) is 32.3 Å². The van der Waals surface area contributed by atoms with Crippen molar-refractivity contribution < 1.29 is 9.47 Å². The molecule has 2 nitrogen and oxygen atoms in total. The summed E-state index contributed by atoms with van der Waals surface area (Å²) in [5.74, 6) is 1.32. The number of benzene rings is 1. The highest BCUT2D eigenvalue weighted by Crippen LogP contribution is 2.26. The van der Waals surface area contributed by atoms with Gasteiger partial charge < -0.3 is 9.47 Å². The summed E-state index contributed by atoms with van der Waals surface area (Å²) in [6.07, 6.45) is 0. The molecule has 0 heterocycles. The van der Waals surface area contributed by atoms with E-state index in [2.05, 4.69) is 15.9 Å². The SMILES string of the molecule is CC(C)(C)OCCOc1ccc(CCl)cc1Br. The molecule has 0 spiro atoms. The molecule has 0 amide bonds. The summed E-state index contributed by atoms with van der Waals surface area (Å²) in [4.78, 5) is 0. The molecular weight excluding hydrogens is 303 g/mol. The van der Waals surface area contributed by atoms with Crippen LogP contribution in [0.15, 0.2) is 22.7 Å². The van der Waals surface area contributed by atoms with Crippen molar-refractivity contribution in [1.29, 1.82) is 0 Å². The third kappa shape index (κ3) is 5.75. The number of ether oxygens (including phenoxy) is 2. The molecule has 1 aromatic rings. The smallest absolute Gasteiger partial charge is 0.133 e. The van der Waals surface area contributed by atoms with Crippen LogP contribution in [0.3, 0.4) is 0 Å². The summed E-state index contributed by atoms with van der Waals surface area (Å²) < 4.78 is 12.1. The van der Waals surface area contributed by atoms with Crippen LogP contribution in [0.1, 0.15) is 26.3 Å². The lowest BCUT2D eigenvalue weighted by atomic mass is 10.2. The van der Waals surface area contributed by atoms with E-state index in [0.29, 0.717) is 19.1 Å². The van der Waals surface area contributed by atoms with Gasteiger partial charge in [0, 0.05) is 5.88 Å². The second-order valence-corrected chi connectivity index (χ2v) is 5.83. The predicted octanol–water partition coefficient (Wildman–Crippen LogP) is 4.38. The van der Waals surface area contributed by atoms with Crippen molar-refractivity contribution in [2.24, 2.45) is 0 Å².